The fraction of sp³-hybridized carbons (Fsp3) is 0.778. The molecule has 1 aliphatic heterocycles. The molecule has 0 unspecified atom stereocenters. The second kappa shape index (κ2) is 4.25. The number of ether oxygens (including phenoxy) is 1. The average Bonchev–Trinajstić information content (AvgIpc) is 2.02. The Kier molecular flexibility index (Phi) is 3.28. The van der Waals surface area contributed by atoms with Gasteiger partial charge in [-0.1, -0.05) is 6.92 Å². The lowest BCUT2D eigenvalue weighted by molar-refractivity contribution is -0.142. The average molecular weight is 185 g/mol. The van der Waals surface area contributed by atoms with Crippen molar-refractivity contribution in [2.45, 2.75) is 32.7 Å². The highest BCUT2D eigenvalue weighted by molar-refractivity contribution is 5.85. The lowest BCUT2D eigenvalue weighted by Gasteiger charge is -2.36. The smallest absolute Gasteiger partial charge is 0.302 e. The van der Waals surface area contributed by atoms with E-state index in [2.05, 4.69) is 5.32 Å². The number of rotatable bonds is 4. The van der Waals surface area contributed by atoms with E-state index in [1.165, 1.54) is 6.92 Å². The van der Waals surface area contributed by atoms with E-state index in [1.54, 1.807) is 0 Å². The molecule has 0 aliphatic carbocycles. The third kappa shape index (κ3) is 2.44. The van der Waals surface area contributed by atoms with Gasteiger partial charge < -0.3 is 10.1 Å². The molecule has 0 aromatic heterocycles. The zero-order chi connectivity index (χ0) is 9.84. The molecular weight excluding hydrogens is 170 g/mol. The van der Waals surface area contributed by atoms with Gasteiger partial charge in [0.15, 0.2) is 0 Å². The van der Waals surface area contributed by atoms with Gasteiger partial charge in [-0.05, 0) is 6.42 Å². The Balaban J connectivity index is 2.16. The molecule has 0 bridgehead atoms. The molecule has 1 N–H and O–H groups in total. The first-order chi connectivity index (χ1) is 6.15. The predicted octanol–water partition coefficient (Wildman–Crippen LogP) is 0.464. The Morgan fingerprint density at radius 1 is 1.62 bits per heavy atom. The molecule has 0 saturated carbocycles. The van der Waals surface area contributed by atoms with Crippen LogP contribution >= 0.6 is 0 Å². The number of hydrogen-bond acceptors (Lipinski definition) is 3. The lowest BCUT2D eigenvalue weighted by atomic mass is 9.86. The van der Waals surface area contributed by atoms with Crippen LogP contribution in [0.3, 0.4) is 0 Å². The summed E-state index contributed by atoms with van der Waals surface area (Å²) in [5.74, 6) is -0.0235. The van der Waals surface area contributed by atoms with Crippen LogP contribution in [0.4, 0.5) is 0 Å². The van der Waals surface area contributed by atoms with E-state index in [0.717, 1.165) is 12.8 Å². The Bertz CT molecular complexity index is 215. The number of β-lactam (4-membered cyclic amide) rings is 1. The molecule has 4 heteroatoms. The summed E-state index contributed by atoms with van der Waals surface area (Å²) in [7, 11) is 0. The van der Waals surface area contributed by atoms with Crippen LogP contribution in [0.2, 0.25) is 0 Å². The van der Waals surface area contributed by atoms with Gasteiger partial charge >= 0.3 is 5.97 Å². The molecule has 1 saturated heterocycles. The van der Waals surface area contributed by atoms with Crippen molar-refractivity contribution in [3.63, 3.8) is 0 Å². The van der Waals surface area contributed by atoms with Crippen molar-refractivity contribution >= 4 is 11.9 Å². The molecule has 0 spiro atoms. The van der Waals surface area contributed by atoms with Crippen LogP contribution in [-0.4, -0.2) is 24.5 Å². The van der Waals surface area contributed by atoms with E-state index < -0.39 is 0 Å². The normalized spacial score (nSPS) is 26.2. The number of carbonyl (C=O) groups is 2. The maximum Gasteiger partial charge on any atom is 0.302 e. The van der Waals surface area contributed by atoms with Gasteiger partial charge in [-0.2, -0.15) is 0 Å². The van der Waals surface area contributed by atoms with Gasteiger partial charge in [0.25, 0.3) is 0 Å². The van der Waals surface area contributed by atoms with Crippen LogP contribution in [-0.2, 0) is 14.3 Å². The minimum Gasteiger partial charge on any atom is -0.466 e. The Morgan fingerprint density at radius 3 is 2.77 bits per heavy atom. The monoisotopic (exact) mass is 185 g/mol. The molecule has 2 atom stereocenters. The zero-order valence-corrected chi connectivity index (χ0v) is 8.00. The lowest BCUT2D eigenvalue weighted by Crippen LogP contribution is -2.58. The van der Waals surface area contributed by atoms with Crippen molar-refractivity contribution in [1.82, 2.24) is 5.32 Å². The van der Waals surface area contributed by atoms with E-state index >= 15 is 0 Å². The first-order valence-corrected chi connectivity index (χ1v) is 4.59. The van der Waals surface area contributed by atoms with E-state index in [9.17, 15) is 9.59 Å². The Labute approximate surface area is 77.6 Å². The molecular formula is C9H15NO3. The van der Waals surface area contributed by atoms with Gasteiger partial charge in [-0.3, -0.25) is 9.59 Å². The fourth-order valence-electron chi connectivity index (χ4n) is 1.55. The molecule has 13 heavy (non-hydrogen) atoms. The second-order valence-electron chi connectivity index (χ2n) is 3.26. The molecule has 0 radical (unpaired) electrons. The summed E-state index contributed by atoms with van der Waals surface area (Å²) in [6.07, 6.45) is 1.58. The molecule has 1 aliphatic rings. The molecule has 0 aromatic carbocycles. The van der Waals surface area contributed by atoms with Crippen molar-refractivity contribution in [2.24, 2.45) is 5.92 Å². The highest BCUT2D eigenvalue weighted by atomic mass is 16.5. The van der Waals surface area contributed by atoms with E-state index in [1.807, 2.05) is 6.92 Å². The van der Waals surface area contributed by atoms with Crippen LogP contribution in [0.5, 0.6) is 0 Å². The summed E-state index contributed by atoms with van der Waals surface area (Å²) >= 11 is 0. The van der Waals surface area contributed by atoms with Gasteiger partial charge in [0, 0.05) is 19.4 Å². The van der Waals surface area contributed by atoms with Crippen LogP contribution in [0.25, 0.3) is 0 Å². The van der Waals surface area contributed by atoms with E-state index in [4.69, 9.17) is 4.74 Å². The maximum absolute atomic E-state index is 11.0. The summed E-state index contributed by atoms with van der Waals surface area (Å²) < 4.78 is 4.79. The van der Waals surface area contributed by atoms with Crippen LogP contribution < -0.4 is 5.32 Å². The molecule has 1 rings (SSSR count). The minimum absolute atomic E-state index is 0.121. The van der Waals surface area contributed by atoms with Crippen molar-refractivity contribution in [3.8, 4) is 0 Å². The number of amides is 1. The molecule has 0 aromatic rings. The van der Waals surface area contributed by atoms with Gasteiger partial charge in [0.05, 0.1) is 12.5 Å². The number of nitrogens with one attached hydrogen (secondary N) is 1. The van der Waals surface area contributed by atoms with Crippen molar-refractivity contribution in [3.05, 3.63) is 0 Å². The topological polar surface area (TPSA) is 55.4 Å². The van der Waals surface area contributed by atoms with Gasteiger partial charge in [0.1, 0.15) is 0 Å². The maximum atomic E-state index is 11.0. The predicted molar refractivity (Wildman–Crippen MR) is 47.0 cm³/mol. The Hall–Kier alpha value is -1.06. The molecule has 1 heterocycles. The second-order valence-corrected chi connectivity index (χ2v) is 3.26. The number of hydrogen-bond donors (Lipinski definition) is 1. The third-order valence-electron chi connectivity index (χ3n) is 2.32. The third-order valence-corrected chi connectivity index (χ3v) is 2.32. The molecule has 74 valence electrons. The number of esters is 1. The largest absolute Gasteiger partial charge is 0.466 e. The van der Waals surface area contributed by atoms with Crippen LogP contribution in [0.15, 0.2) is 0 Å². The van der Waals surface area contributed by atoms with Crippen LogP contribution in [0, 0.1) is 5.92 Å². The minimum atomic E-state index is -0.265. The molecule has 4 nitrogen and oxygen atoms in total. The van der Waals surface area contributed by atoms with Gasteiger partial charge in [0.2, 0.25) is 5.91 Å². The summed E-state index contributed by atoms with van der Waals surface area (Å²) in [5.41, 5.74) is 0. The molecule has 1 fully saturated rings. The highest BCUT2D eigenvalue weighted by Gasteiger charge is 2.36. The van der Waals surface area contributed by atoms with Gasteiger partial charge in [-0.25, -0.2) is 0 Å². The van der Waals surface area contributed by atoms with E-state index in [0.29, 0.717) is 6.61 Å². The summed E-state index contributed by atoms with van der Waals surface area (Å²) in [5, 5.41) is 2.79. The van der Waals surface area contributed by atoms with Crippen LogP contribution in [0.1, 0.15) is 26.7 Å². The number of carbonyl (C=O) groups excluding carboxylic acids is 2. The quantitative estimate of drug-likeness (QED) is 0.511. The summed E-state index contributed by atoms with van der Waals surface area (Å²) in [6, 6.07) is 0.205. The van der Waals surface area contributed by atoms with Crippen molar-refractivity contribution in [1.29, 1.82) is 0 Å². The van der Waals surface area contributed by atoms with E-state index in [-0.39, 0.29) is 23.8 Å². The summed E-state index contributed by atoms with van der Waals surface area (Å²) in [6.45, 7) is 3.77. The summed E-state index contributed by atoms with van der Waals surface area (Å²) in [4.78, 5) is 21.4. The first-order valence-electron chi connectivity index (χ1n) is 4.59. The molecule has 1 amide bonds. The van der Waals surface area contributed by atoms with Crippen molar-refractivity contribution < 1.29 is 14.3 Å². The van der Waals surface area contributed by atoms with Crippen molar-refractivity contribution in [2.75, 3.05) is 6.61 Å². The first kappa shape index (κ1) is 10.0. The Morgan fingerprint density at radius 2 is 2.31 bits per heavy atom. The zero-order valence-electron chi connectivity index (χ0n) is 8.00. The van der Waals surface area contributed by atoms with Gasteiger partial charge in [-0.15, -0.1) is 0 Å². The fourth-order valence-corrected chi connectivity index (χ4v) is 1.55. The standard InChI is InChI=1S/C9H15NO3/c1-3-7-8(10-9(7)12)4-5-13-6(2)11/h7-8H,3-5H2,1-2H3,(H,10,12)/t7-,8+/m1/s1. The highest BCUT2D eigenvalue weighted by Crippen LogP contribution is 2.20. The SMILES string of the molecule is CC[C@H]1C(=O)N[C@H]1CCOC(C)=O.